The van der Waals surface area contributed by atoms with Gasteiger partial charge in [-0.1, -0.05) is 56.9 Å². The first-order chi connectivity index (χ1) is 13.1. The van der Waals surface area contributed by atoms with Crippen LogP contribution in [0.4, 0.5) is 8.78 Å². The molecule has 0 aliphatic heterocycles. The number of carbonyl (C=O) groups excluding carboxylic acids is 1. The maximum absolute atomic E-state index is 13.8. The molecular formula is C24H28F2O. The van der Waals surface area contributed by atoms with Crippen molar-refractivity contribution in [1.29, 1.82) is 0 Å². The lowest BCUT2D eigenvalue weighted by atomic mass is 9.77. The molecule has 0 unspecified atom stereocenters. The Morgan fingerprint density at radius 1 is 0.926 bits per heavy atom. The number of aldehydes is 1. The van der Waals surface area contributed by atoms with Crippen molar-refractivity contribution in [2.24, 2.45) is 5.92 Å². The lowest BCUT2D eigenvalue weighted by Crippen LogP contribution is -2.13. The van der Waals surface area contributed by atoms with Crippen LogP contribution in [0.3, 0.4) is 0 Å². The number of hydrogen-bond acceptors (Lipinski definition) is 1. The Balaban J connectivity index is 1.64. The largest absolute Gasteiger partial charge is 0.298 e. The molecule has 144 valence electrons. The number of carbonyl (C=O) groups is 1. The Labute approximate surface area is 160 Å². The van der Waals surface area contributed by atoms with E-state index < -0.39 is 17.2 Å². The highest BCUT2D eigenvalue weighted by Gasteiger charge is 2.22. The Kier molecular flexibility index (Phi) is 6.76. The molecular weight excluding hydrogens is 342 g/mol. The minimum Gasteiger partial charge on any atom is -0.298 e. The van der Waals surface area contributed by atoms with Crippen LogP contribution in [0.5, 0.6) is 0 Å². The summed E-state index contributed by atoms with van der Waals surface area (Å²) in [5, 5.41) is 0. The zero-order valence-electron chi connectivity index (χ0n) is 16.0. The highest BCUT2D eigenvalue weighted by molar-refractivity contribution is 5.78. The third-order valence-corrected chi connectivity index (χ3v) is 5.98. The summed E-state index contributed by atoms with van der Waals surface area (Å²) in [6.45, 7) is 2.25. The predicted octanol–water partition coefficient (Wildman–Crippen LogP) is 7.30. The van der Waals surface area contributed by atoms with E-state index in [0.29, 0.717) is 11.5 Å². The molecule has 1 aliphatic rings. The van der Waals surface area contributed by atoms with Gasteiger partial charge in [-0.3, -0.25) is 4.79 Å². The van der Waals surface area contributed by atoms with Gasteiger partial charge in [0, 0.05) is 0 Å². The van der Waals surface area contributed by atoms with Crippen molar-refractivity contribution in [3.8, 4) is 11.1 Å². The molecule has 3 heteroatoms. The molecule has 0 aromatic heterocycles. The Bertz CT molecular complexity index is 735. The van der Waals surface area contributed by atoms with Crippen LogP contribution < -0.4 is 0 Å². The van der Waals surface area contributed by atoms with Gasteiger partial charge < -0.3 is 0 Å². The Morgan fingerprint density at radius 2 is 1.56 bits per heavy atom. The van der Waals surface area contributed by atoms with Gasteiger partial charge in [0.2, 0.25) is 0 Å². The van der Waals surface area contributed by atoms with Gasteiger partial charge in [0.05, 0.1) is 5.56 Å². The molecule has 1 fully saturated rings. The van der Waals surface area contributed by atoms with Crippen LogP contribution in [0.25, 0.3) is 11.1 Å². The summed E-state index contributed by atoms with van der Waals surface area (Å²) in [4.78, 5) is 10.7. The van der Waals surface area contributed by atoms with Crippen molar-refractivity contribution in [2.45, 2.75) is 64.2 Å². The van der Waals surface area contributed by atoms with Gasteiger partial charge in [0.25, 0.3) is 0 Å². The smallest absolute Gasteiger partial charge is 0.155 e. The third-order valence-electron chi connectivity index (χ3n) is 5.98. The van der Waals surface area contributed by atoms with Crippen molar-refractivity contribution in [1.82, 2.24) is 0 Å². The zero-order chi connectivity index (χ0) is 19.2. The predicted molar refractivity (Wildman–Crippen MR) is 106 cm³/mol. The molecule has 0 radical (unpaired) electrons. The number of rotatable bonds is 7. The Hall–Kier alpha value is -2.03. The quantitative estimate of drug-likeness (QED) is 0.369. The molecule has 0 N–H and O–H groups in total. The van der Waals surface area contributed by atoms with Crippen LogP contribution >= 0.6 is 0 Å². The van der Waals surface area contributed by atoms with Gasteiger partial charge in [0.15, 0.2) is 6.29 Å². The maximum Gasteiger partial charge on any atom is 0.155 e. The molecule has 3 rings (SSSR count). The third kappa shape index (κ3) is 4.82. The van der Waals surface area contributed by atoms with E-state index in [4.69, 9.17) is 0 Å². The minimum atomic E-state index is -0.814. The second-order valence-electron chi connectivity index (χ2n) is 7.81. The van der Waals surface area contributed by atoms with Crippen molar-refractivity contribution >= 4 is 6.29 Å². The zero-order valence-corrected chi connectivity index (χ0v) is 16.0. The van der Waals surface area contributed by atoms with Gasteiger partial charge in [-0.2, -0.15) is 0 Å². The first-order valence-corrected chi connectivity index (χ1v) is 10.2. The highest BCUT2D eigenvalue weighted by Crippen LogP contribution is 2.38. The van der Waals surface area contributed by atoms with E-state index in [1.54, 1.807) is 0 Å². The maximum atomic E-state index is 13.8. The molecule has 2 aromatic rings. The van der Waals surface area contributed by atoms with Crippen LogP contribution in [0, 0.1) is 17.6 Å². The van der Waals surface area contributed by atoms with E-state index in [1.165, 1.54) is 69.1 Å². The van der Waals surface area contributed by atoms with Gasteiger partial charge >= 0.3 is 0 Å². The molecule has 1 saturated carbocycles. The second kappa shape index (κ2) is 9.25. The van der Waals surface area contributed by atoms with Crippen LogP contribution in [-0.4, -0.2) is 6.29 Å². The SMILES string of the molecule is CCCCCC1CCC(c2ccc(-c3cc(F)c(C=O)c(F)c3)cc2)CC1. The van der Waals surface area contributed by atoms with E-state index in [-0.39, 0.29) is 6.29 Å². The monoisotopic (exact) mass is 370 g/mol. The average Bonchev–Trinajstić information content (AvgIpc) is 2.69. The van der Waals surface area contributed by atoms with E-state index in [9.17, 15) is 13.6 Å². The molecule has 0 saturated heterocycles. The van der Waals surface area contributed by atoms with Crippen LogP contribution in [-0.2, 0) is 0 Å². The summed E-state index contributed by atoms with van der Waals surface area (Å²) in [5.41, 5.74) is 2.03. The number of halogens is 2. The van der Waals surface area contributed by atoms with Crippen molar-refractivity contribution in [3.05, 3.63) is 59.2 Å². The molecule has 0 amide bonds. The summed E-state index contributed by atoms with van der Waals surface area (Å²) in [6, 6.07) is 10.5. The molecule has 1 aliphatic carbocycles. The molecule has 0 atom stereocenters. The summed E-state index contributed by atoms with van der Waals surface area (Å²) in [7, 11) is 0. The van der Waals surface area contributed by atoms with Crippen LogP contribution in [0.1, 0.15) is 80.1 Å². The molecule has 0 heterocycles. The van der Waals surface area contributed by atoms with E-state index >= 15 is 0 Å². The normalized spacial score (nSPS) is 19.8. The lowest BCUT2D eigenvalue weighted by Gasteiger charge is -2.29. The highest BCUT2D eigenvalue weighted by atomic mass is 19.1. The van der Waals surface area contributed by atoms with Crippen LogP contribution in [0.2, 0.25) is 0 Å². The number of benzene rings is 2. The summed E-state index contributed by atoms with van der Waals surface area (Å²) in [6.07, 6.45) is 10.6. The van der Waals surface area contributed by atoms with E-state index in [0.717, 1.165) is 11.5 Å². The summed E-state index contributed by atoms with van der Waals surface area (Å²) < 4.78 is 27.7. The second-order valence-corrected chi connectivity index (χ2v) is 7.81. The van der Waals surface area contributed by atoms with Crippen LogP contribution in [0.15, 0.2) is 36.4 Å². The van der Waals surface area contributed by atoms with Crippen molar-refractivity contribution < 1.29 is 13.6 Å². The topological polar surface area (TPSA) is 17.1 Å². The number of hydrogen-bond donors (Lipinski definition) is 0. The lowest BCUT2D eigenvalue weighted by molar-refractivity contribution is 0.111. The Morgan fingerprint density at radius 3 is 2.11 bits per heavy atom. The van der Waals surface area contributed by atoms with Gasteiger partial charge in [-0.05, 0) is 66.3 Å². The molecule has 0 bridgehead atoms. The minimum absolute atomic E-state index is 0.218. The average molecular weight is 370 g/mol. The molecule has 27 heavy (non-hydrogen) atoms. The van der Waals surface area contributed by atoms with E-state index in [2.05, 4.69) is 19.1 Å². The van der Waals surface area contributed by atoms with Crippen molar-refractivity contribution in [2.75, 3.05) is 0 Å². The van der Waals surface area contributed by atoms with Gasteiger partial charge in [-0.25, -0.2) is 8.78 Å². The molecule has 0 spiro atoms. The van der Waals surface area contributed by atoms with Gasteiger partial charge in [-0.15, -0.1) is 0 Å². The number of unbranched alkanes of at least 4 members (excludes halogenated alkanes) is 2. The molecule has 2 aromatic carbocycles. The van der Waals surface area contributed by atoms with Crippen molar-refractivity contribution in [3.63, 3.8) is 0 Å². The standard InChI is InChI=1S/C24H28F2O/c1-2-3-4-5-17-6-8-18(9-7-17)19-10-12-20(13-11-19)21-14-23(25)22(16-27)24(26)15-21/h10-18H,2-9H2,1H3. The van der Waals surface area contributed by atoms with E-state index in [1.807, 2.05) is 12.1 Å². The summed E-state index contributed by atoms with van der Waals surface area (Å²) >= 11 is 0. The fraction of sp³-hybridized carbons (Fsp3) is 0.458. The summed E-state index contributed by atoms with van der Waals surface area (Å²) in [5.74, 6) is -0.155. The first-order valence-electron chi connectivity index (χ1n) is 10.2. The fourth-order valence-electron chi connectivity index (χ4n) is 4.28. The molecule has 1 nitrogen and oxygen atoms in total. The first kappa shape index (κ1) is 19.7. The van der Waals surface area contributed by atoms with Gasteiger partial charge in [0.1, 0.15) is 11.6 Å². The fourth-order valence-corrected chi connectivity index (χ4v) is 4.28.